The zero-order chi connectivity index (χ0) is 32.0. The molecule has 9 nitrogen and oxygen atoms in total. The van der Waals surface area contributed by atoms with Gasteiger partial charge >= 0.3 is 6.09 Å². The summed E-state index contributed by atoms with van der Waals surface area (Å²) in [6, 6.07) is 20.1. The van der Waals surface area contributed by atoms with Gasteiger partial charge in [0.05, 0.1) is 48.1 Å². The molecule has 1 aliphatic carbocycles. The SMILES string of the molecule is C[Si]CC(c1ncc(-c2ccc3c(c2)cc2n3C(c3ccccc3)OC3=C2CCC(C2CN=CN2)=C3)[nH]1)N(C)C(=O)OC(C)(C)C. The first-order valence-corrected chi connectivity index (χ1v) is 17.6. The normalized spacial score (nSPS) is 19.6. The molecular formula is C36H40N6O3Si. The van der Waals surface area contributed by atoms with Crippen molar-refractivity contribution in [3.63, 3.8) is 0 Å². The van der Waals surface area contributed by atoms with Gasteiger partial charge in [0.15, 0.2) is 0 Å². The summed E-state index contributed by atoms with van der Waals surface area (Å²) in [6.45, 7) is 8.55. The number of nitrogens with zero attached hydrogens (tertiary/aromatic N) is 4. The second-order valence-corrected chi connectivity index (χ2v) is 14.3. The molecule has 0 fully saturated rings. The average Bonchev–Trinajstić information content (AvgIpc) is 3.82. The zero-order valence-electron chi connectivity index (χ0n) is 27.0. The Labute approximate surface area is 272 Å². The number of hydrogen-bond acceptors (Lipinski definition) is 6. The summed E-state index contributed by atoms with van der Waals surface area (Å²) in [5.74, 6) is 1.71. The molecule has 0 spiro atoms. The maximum absolute atomic E-state index is 12.9. The molecule has 10 heteroatoms. The number of aliphatic imine (C=N–C) groups is 1. The molecule has 0 saturated carbocycles. The van der Waals surface area contributed by atoms with Crippen LogP contribution in [0.1, 0.15) is 63.0 Å². The lowest BCUT2D eigenvalue weighted by atomic mass is 9.90. The summed E-state index contributed by atoms with van der Waals surface area (Å²) in [6.07, 6.45) is 7.17. The number of H-pyrrole nitrogens is 1. The van der Waals surface area contributed by atoms with E-state index in [4.69, 9.17) is 14.5 Å². The predicted octanol–water partition coefficient (Wildman–Crippen LogP) is 7.12. The van der Waals surface area contributed by atoms with Crippen LogP contribution < -0.4 is 5.32 Å². The number of amides is 1. The minimum atomic E-state index is -0.565. The van der Waals surface area contributed by atoms with E-state index in [1.165, 1.54) is 16.8 Å². The van der Waals surface area contributed by atoms with E-state index in [0.717, 1.165) is 64.7 Å². The van der Waals surface area contributed by atoms with Gasteiger partial charge in [-0.3, -0.25) is 4.99 Å². The number of benzene rings is 2. The fraction of sp³-hybridized carbons (Fsp3) is 0.361. The maximum atomic E-state index is 12.9. The highest BCUT2D eigenvalue weighted by atomic mass is 28.2. The Morgan fingerprint density at radius 3 is 2.74 bits per heavy atom. The van der Waals surface area contributed by atoms with Gasteiger partial charge in [0.2, 0.25) is 6.23 Å². The molecule has 2 aliphatic heterocycles. The number of aromatic nitrogens is 3. The molecule has 236 valence electrons. The Balaban J connectivity index is 1.25. The van der Waals surface area contributed by atoms with Gasteiger partial charge in [-0.2, -0.15) is 0 Å². The molecule has 2 N–H and O–H groups in total. The van der Waals surface area contributed by atoms with E-state index >= 15 is 0 Å². The van der Waals surface area contributed by atoms with Crippen LogP contribution in [0.15, 0.2) is 83.2 Å². The van der Waals surface area contributed by atoms with Crippen molar-refractivity contribution in [1.82, 2.24) is 24.8 Å². The zero-order valence-corrected chi connectivity index (χ0v) is 28.0. The fourth-order valence-electron chi connectivity index (χ4n) is 6.55. The number of hydrogen-bond donors (Lipinski definition) is 2. The Morgan fingerprint density at radius 1 is 1.17 bits per heavy atom. The third kappa shape index (κ3) is 5.66. The first-order valence-electron chi connectivity index (χ1n) is 15.9. The molecule has 3 unspecified atom stereocenters. The van der Waals surface area contributed by atoms with Crippen LogP contribution in [0.3, 0.4) is 0 Å². The molecule has 2 radical (unpaired) electrons. The maximum Gasteiger partial charge on any atom is 0.410 e. The predicted molar refractivity (Wildman–Crippen MR) is 183 cm³/mol. The average molecular weight is 633 g/mol. The molecule has 3 atom stereocenters. The second-order valence-electron chi connectivity index (χ2n) is 13.2. The van der Waals surface area contributed by atoms with Crippen LogP contribution in [0.4, 0.5) is 4.79 Å². The van der Waals surface area contributed by atoms with Gasteiger partial charge in [0.25, 0.3) is 0 Å². The molecule has 2 aromatic carbocycles. The summed E-state index contributed by atoms with van der Waals surface area (Å²) >= 11 is 0. The molecule has 1 amide bonds. The van der Waals surface area contributed by atoms with Gasteiger partial charge in [0.1, 0.15) is 17.2 Å². The van der Waals surface area contributed by atoms with Crippen LogP contribution in [0.25, 0.3) is 27.7 Å². The molecule has 7 rings (SSSR count). The highest BCUT2D eigenvalue weighted by Crippen LogP contribution is 2.45. The lowest BCUT2D eigenvalue weighted by molar-refractivity contribution is 0.0228. The number of carbonyl (C=O) groups is 1. The number of rotatable bonds is 7. The van der Waals surface area contributed by atoms with E-state index in [0.29, 0.717) is 9.52 Å². The van der Waals surface area contributed by atoms with Crippen molar-refractivity contribution in [2.45, 2.75) is 70.1 Å². The quantitative estimate of drug-likeness (QED) is 0.212. The number of aromatic amines is 1. The molecule has 0 saturated heterocycles. The van der Waals surface area contributed by atoms with Crippen molar-refractivity contribution < 1.29 is 14.3 Å². The first-order chi connectivity index (χ1) is 22.2. The van der Waals surface area contributed by atoms with Crippen molar-refractivity contribution in [2.75, 3.05) is 13.6 Å². The van der Waals surface area contributed by atoms with Crippen molar-refractivity contribution in [1.29, 1.82) is 0 Å². The first kappa shape index (κ1) is 30.1. The van der Waals surface area contributed by atoms with E-state index < -0.39 is 5.60 Å². The van der Waals surface area contributed by atoms with E-state index in [1.807, 2.05) is 39.4 Å². The highest BCUT2D eigenvalue weighted by Gasteiger charge is 2.33. The van der Waals surface area contributed by atoms with Crippen molar-refractivity contribution >= 4 is 38.4 Å². The highest BCUT2D eigenvalue weighted by molar-refractivity contribution is 6.33. The van der Waals surface area contributed by atoms with Gasteiger partial charge in [-0.05, 0) is 69.5 Å². The molecule has 3 aliphatic rings. The van der Waals surface area contributed by atoms with Crippen LogP contribution in [-0.4, -0.2) is 66.6 Å². The van der Waals surface area contributed by atoms with Crippen LogP contribution in [0.2, 0.25) is 12.6 Å². The number of fused-ring (bicyclic) bond motifs is 4. The molecule has 4 heterocycles. The second kappa shape index (κ2) is 12.0. The van der Waals surface area contributed by atoms with Gasteiger partial charge in [-0.15, -0.1) is 0 Å². The van der Waals surface area contributed by atoms with Gasteiger partial charge < -0.3 is 29.2 Å². The Morgan fingerprint density at radius 2 is 2.00 bits per heavy atom. The number of nitrogens with one attached hydrogen (secondary N) is 2. The third-order valence-corrected chi connectivity index (χ3v) is 9.65. The number of allylic oxidation sites excluding steroid dienone is 2. The van der Waals surface area contributed by atoms with Crippen molar-refractivity contribution in [2.24, 2.45) is 4.99 Å². The topological polar surface area (TPSA) is 96.8 Å². The van der Waals surface area contributed by atoms with Crippen molar-refractivity contribution in [3.05, 3.63) is 95.3 Å². The molecule has 2 aromatic heterocycles. The van der Waals surface area contributed by atoms with Crippen LogP contribution in [-0.2, 0) is 9.47 Å². The van der Waals surface area contributed by atoms with E-state index in [1.54, 1.807) is 11.9 Å². The number of carbonyl (C=O) groups excluding carboxylic acids is 1. The Hall–Kier alpha value is -4.57. The summed E-state index contributed by atoms with van der Waals surface area (Å²) in [5.41, 5.74) is 7.39. The third-order valence-electron chi connectivity index (χ3n) is 8.85. The van der Waals surface area contributed by atoms with E-state index in [9.17, 15) is 4.79 Å². The molecule has 4 aromatic rings. The number of imidazole rings is 1. The summed E-state index contributed by atoms with van der Waals surface area (Å²) < 4.78 is 14.8. The lowest BCUT2D eigenvalue weighted by Gasteiger charge is -2.34. The van der Waals surface area contributed by atoms with E-state index in [-0.39, 0.29) is 24.4 Å². The molecule has 46 heavy (non-hydrogen) atoms. The van der Waals surface area contributed by atoms with Gasteiger partial charge in [0, 0.05) is 38.7 Å². The van der Waals surface area contributed by atoms with Gasteiger partial charge in [-0.1, -0.05) is 42.9 Å². The van der Waals surface area contributed by atoms with Gasteiger partial charge in [-0.25, -0.2) is 9.78 Å². The molecular weight excluding hydrogens is 593 g/mol. The Kier molecular flexibility index (Phi) is 7.84. The Bertz CT molecular complexity index is 1860. The largest absolute Gasteiger partial charge is 0.466 e. The summed E-state index contributed by atoms with van der Waals surface area (Å²) in [5, 5.41) is 4.53. The van der Waals surface area contributed by atoms with Crippen LogP contribution in [0, 0.1) is 0 Å². The van der Waals surface area contributed by atoms with Crippen LogP contribution in [0.5, 0.6) is 0 Å². The molecule has 0 bridgehead atoms. The van der Waals surface area contributed by atoms with Crippen molar-refractivity contribution in [3.8, 4) is 11.3 Å². The minimum Gasteiger partial charge on any atom is -0.466 e. The van der Waals surface area contributed by atoms with E-state index in [2.05, 4.69) is 81.0 Å². The smallest absolute Gasteiger partial charge is 0.410 e. The summed E-state index contributed by atoms with van der Waals surface area (Å²) in [4.78, 5) is 27.2. The fourth-order valence-corrected chi connectivity index (χ4v) is 7.41. The summed E-state index contributed by atoms with van der Waals surface area (Å²) in [7, 11) is 2.44. The minimum absolute atomic E-state index is 0.207. The van der Waals surface area contributed by atoms with Crippen LogP contribution >= 0.6 is 0 Å². The lowest BCUT2D eigenvalue weighted by Crippen LogP contribution is -2.37. The standard InChI is InChI=1S/C36H40N6O3Si/c1-36(2,3)45-35(43)41(4)31(20-46-5)33-38-19-28(40-33)23-12-14-29-25(15-23)16-30-26-13-11-24(27-18-37-21-39-27)17-32(26)44-34(42(29)30)22-9-7-6-8-10-22/h6-10,12,14-17,19,21,27,31,34H,11,13,18,20H2,1-5H3,(H,37,39)(H,38,40). The monoisotopic (exact) mass is 632 g/mol. The number of ether oxygens (including phenoxy) is 2.